The van der Waals surface area contributed by atoms with Crippen LogP contribution >= 0.6 is 11.6 Å². The number of hydrogen-bond donors (Lipinski definition) is 3. The van der Waals surface area contributed by atoms with Gasteiger partial charge in [-0.15, -0.1) is 6.58 Å². The second-order valence-corrected chi connectivity index (χ2v) is 8.41. The summed E-state index contributed by atoms with van der Waals surface area (Å²) in [6, 6.07) is 9.36. The molecular weight excluding hydrogens is 444 g/mol. The maximum Gasteiger partial charge on any atom is 0.315 e. The van der Waals surface area contributed by atoms with Gasteiger partial charge >= 0.3 is 6.03 Å². The predicted molar refractivity (Wildman–Crippen MR) is 127 cm³/mol. The molecule has 0 bridgehead atoms. The molecule has 33 heavy (non-hydrogen) atoms. The van der Waals surface area contributed by atoms with Crippen LogP contribution in [-0.4, -0.2) is 55.0 Å². The number of ether oxygens (including phenoxy) is 1. The molecular formula is C24H25ClN4O4. The van der Waals surface area contributed by atoms with Gasteiger partial charge in [0.15, 0.2) is 0 Å². The molecule has 4 amide bonds. The Labute approximate surface area is 196 Å². The topological polar surface area (TPSA) is 99.8 Å². The fourth-order valence-corrected chi connectivity index (χ4v) is 4.44. The normalized spacial score (nSPS) is 19.5. The van der Waals surface area contributed by atoms with Crippen molar-refractivity contribution >= 4 is 35.1 Å². The highest BCUT2D eigenvalue weighted by Crippen LogP contribution is 2.36. The highest BCUT2D eigenvalue weighted by Gasteiger charge is 2.40. The van der Waals surface area contributed by atoms with E-state index < -0.39 is 6.04 Å². The molecule has 4 rings (SSSR count). The smallest absolute Gasteiger partial charge is 0.315 e. The van der Waals surface area contributed by atoms with Crippen molar-refractivity contribution in [1.29, 1.82) is 0 Å². The number of anilines is 1. The summed E-state index contributed by atoms with van der Waals surface area (Å²) in [4.78, 5) is 40.0. The summed E-state index contributed by atoms with van der Waals surface area (Å²) >= 11 is 6.18. The standard InChI is InChI=1S/C24H25ClN4O4/c1-3-9-26-24(32)27-16-8-10-29-20(13-16)22(30)28-19-6-4-14(11-18(19)23(29)31)17-12-15(25)5-7-21(17)33-2/h3-7,11-12,16,20H,1,8-10,13H2,2H3,(H,28,30)(H2,26,27,32)/t16-,20-/m0/s1. The van der Waals surface area contributed by atoms with E-state index in [0.29, 0.717) is 48.0 Å². The van der Waals surface area contributed by atoms with Gasteiger partial charge < -0.3 is 25.6 Å². The number of rotatable bonds is 5. The summed E-state index contributed by atoms with van der Waals surface area (Å²) in [5, 5.41) is 8.96. The minimum atomic E-state index is -0.674. The minimum Gasteiger partial charge on any atom is -0.496 e. The molecule has 1 saturated heterocycles. The molecule has 8 nitrogen and oxygen atoms in total. The summed E-state index contributed by atoms with van der Waals surface area (Å²) in [5.74, 6) is 0.128. The summed E-state index contributed by atoms with van der Waals surface area (Å²) in [6.45, 7) is 4.27. The van der Waals surface area contributed by atoms with Crippen LogP contribution in [0.3, 0.4) is 0 Å². The van der Waals surface area contributed by atoms with Crippen molar-refractivity contribution in [3.63, 3.8) is 0 Å². The van der Waals surface area contributed by atoms with E-state index in [4.69, 9.17) is 16.3 Å². The zero-order valence-electron chi connectivity index (χ0n) is 18.2. The monoisotopic (exact) mass is 468 g/mol. The first-order chi connectivity index (χ1) is 15.9. The molecule has 9 heteroatoms. The summed E-state index contributed by atoms with van der Waals surface area (Å²) in [7, 11) is 1.57. The second-order valence-electron chi connectivity index (χ2n) is 7.97. The number of methoxy groups -OCH3 is 1. The van der Waals surface area contributed by atoms with Gasteiger partial charge in [-0.25, -0.2) is 4.79 Å². The zero-order valence-corrected chi connectivity index (χ0v) is 18.9. The third-order valence-electron chi connectivity index (χ3n) is 5.89. The third kappa shape index (κ3) is 4.66. The average Bonchev–Trinajstić information content (AvgIpc) is 2.91. The van der Waals surface area contributed by atoms with E-state index in [1.165, 1.54) is 0 Å². The number of urea groups is 1. The van der Waals surface area contributed by atoms with Crippen LogP contribution in [0.5, 0.6) is 5.75 Å². The van der Waals surface area contributed by atoms with Gasteiger partial charge in [-0.05, 0) is 48.7 Å². The van der Waals surface area contributed by atoms with Gasteiger partial charge in [0.1, 0.15) is 11.8 Å². The van der Waals surface area contributed by atoms with Crippen molar-refractivity contribution in [2.75, 3.05) is 25.5 Å². The Hall–Kier alpha value is -3.52. The lowest BCUT2D eigenvalue weighted by Gasteiger charge is -2.37. The average molecular weight is 469 g/mol. The maximum absolute atomic E-state index is 13.5. The fraction of sp³-hybridized carbons (Fsp3) is 0.292. The Balaban J connectivity index is 1.60. The van der Waals surface area contributed by atoms with E-state index in [1.54, 1.807) is 48.4 Å². The molecule has 1 fully saturated rings. The highest BCUT2D eigenvalue weighted by molar-refractivity contribution is 6.31. The van der Waals surface area contributed by atoms with Crippen molar-refractivity contribution in [2.24, 2.45) is 0 Å². The fourth-order valence-electron chi connectivity index (χ4n) is 4.26. The number of amides is 4. The number of nitrogens with one attached hydrogen (secondary N) is 3. The van der Waals surface area contributed by atoms with Crippen molar-refractivity contribution < 1.29 is 19.1 Å². The molecule has 0 radical (unpaired) electrons. The van der Waals surface area contributed by atoms with Crippen LogP contribution < -0.4 is 20.7 Å². The molecule has 2 atom stereocenters. The van der Waals surface area contributed by atoms with Gasteiger partial charge in [-0.1, -0.05) is 23.7 Å². The van der Waals surface area contributed by atoms with Crippen LogP contribution in [0.1, 0.15) is 23.2 Å². The summed E-state index contributed by atoms with van der Waals surface area (Å²) < 4.78 is 5.45. The van der Waals surface area contributed by atoms with Crippen LogP contribution in [0, 0.1) is 0 Å². The molecule has 2 aromatic rings. The van der Waals surface area contributed by atoms with Gasteiger partial charge in [0.05, 0.1) is 18.4 Å². The third-order valence-corrected chi connectivity index (χ3v) is 6.12. The van der Waals surface area contributed by atoms with Crippen LogP contribution in [0.25, 0.3) is 11.1 Å². The van der Waals surface area contributed by atoms with Gasteiger partial charge in [0, 0.05) is 29.7 Å². The van der Waals surface area contributed by atoms with Gasteiger partial charge in [-0.2, -0.15) is 0 Å². The number of piperidine rings is 1. The first kappa shape index (κ1) is 22.7. The first-order valence-electron chi connectivity index (χ1n) is 10.7. The van der Waals surface area contributed by atoms with E-state index in [2.05, 4.69) is 22.5 Å². The van der Waals surface area contributed by atoms with Crippen molar-refractivity contribution in [1.82, 2.24) is 15.5 Å². The van der Waals surface area contributed by atoms with Gasteiger partial charge in [-0.3, -0.25) is 9.59 Å². The first-order valence-corrected chi connectivity index (χ1v) is 11.0. The number of carbonyl (C=O) groups is 3. The Kier molecular flexibility index (Phi) is 6.55. The maximum atomic E-state index is 13.5. The summed E-state index contributed by atoms with van der Waals surface area (Å²) in [6.07, 6.45) is 2.47. The number of nitrogens with zero attached hydrogens (tertiary/aromatic N) is 1. The largest absolute Gasteiger partial charge is 0.496 e. The Bertz CT molecular complexity index is 1120. The number of fused-ring (bicyclic) bond motifs is 2. The Morgan fingerprint density at radius 1 is 1.27 bits per heavy atom. The lowest BCUT2D eigenvalue weighted by molar-refractivity contribution is -0.121. The van der Waals surface area contributed by atoms with E-state index in [0.717, 1.165) is 11.1 Å². The lowest BCUT2D eigenvalue weighted by Crippen LogP contribution is -2.56. The molecule has 0 unspecified atom stereocenters. The van der Waals surface area contributed by atoms with Gasteiger partial charge in [0.2, 0.25) is 5.91 Å². The lowest BCUT2D eigenvalue weighted by atomic mass is 9.96. The molecule has 0 aromatic heterocycles. The van der Waals surface area contributed by atoms with Crippen LogP contribution in [0.2, 0.25) is 5.02 Å². The van der Waals surface area contributed by atoms with E-state index in [1.807, 2.05) is 6.07 Å². The molecule has 172 valence electrons. The molecule has 0 saturated carbocycles. The Morgan fingerprint density at radius 3 is 2.85 bits per heavy atom. The number of hydrogen-bond acceptors (Lipinski definition) is 4. The molecule has 0 aliphatic carbocycles. The molecule has 2 aliphatic rings. The van der Waals surface area contributed by atoms with Crippen LogP contribution in [-0.2, 0) is 4.79 Å². The highest BCUT2D eigenvalue weighted by atomic mass is 35.5. The summed E-state index contributed by atoms with van der Waals surface area (Å²) in [5.41, 5.74) is 2.36. The molecule has 0 spiro atoms. The number of benzene rings is 2. The quantitative estimate of drug-likeness (QED) is 0.585. The second kappa shape index (κ2) is 9.54. The molecule has 3 N–H and O–H groups in total. The molecule has 2 heterocycles. The van der Waals surface area contributed by atoms with Crippen molar-refractivity contribution in [2.45, 2.75) is 24.9 Å². The van der Waals surface area contributed by atoms with Crippen molar-refractivity contribution in [3.8, 4) is 16.9 Å². The molecule has 2 aliphatic heterocycles. The van der Waals surface area contributed by atoms with E-state index >= 15 is 0 Å². The number of carbonyl (C=O) groups excluding carboxylic acids is 3. The SMILES string of the molecule is C=CCNC(=O)N[C@H]1CCN2C(=O)c3cc(-c4cc(Cl)ccc4OC)ccc3NC(=O)[C@@H]2C1. The zero-order chi connectivity index (χ0) is 23.5. The van der Waals surface area contributed by atoms with Crippen LogP contribution in [0.4, 0.5) is 10.5 Å². The minimum absolute atomic E-state index is 0.220. The van der Waals surface area contributed by atoms with E-state index in [9.17, 15) is 14.4 Å². The molecule has 2 aromatic carbocycles. The predicted octanol–water partition coefficient (Wildman–Crippen LogP) is 3.43. The van der Waals surface area contributed by atoms with Crippen molar-refractivity contribution in [3.05, 3.63) is 59.6 Å². The van der Waals surface area contributed by atoms with Gasteiger partial charge in [0.25, 0.3) is 5.91 Å². The number of halogens is 1. The van der Waals surface area contributed by atoms with E-state index in [-0.39, 0.29) is 23.9 Å². The van der Waals surface area contributed by atoms with Crippen LogP contribution in [0.15, 0.2) is 49.1 Å². The Morgan fingerprint density at radius 2 is 2.09 bits per heavy atom.